The van der Waals surface area contributed by atoms with Crippen LogP contribution in [0.1, 0.15) is 38.5 Å². The molecule has 0 atom stereocenters. The van der Waals surface area contributed by atoms with E-state index in [1.807, 2.05) is 4.90 Å². The number of unbranched alkanes of at least 4 members (excludes halogenated alkanes) is 1. The molecule has 1 saturated heterocycles. The van der Waals surface area contributed by atoms with Crippen LogP contribution in [0.25, 0.3) is 0 Å². The molecule has 0 bridgehead atoms. The number of carbonyl (C=O) groups is 2. The maximum atomic E-state index is 11.8. The van der Waals surface area contributed by atoms with Crippen LogP contribution in [-0.4, -0.2) is 35.7 Å². The van der Waals surface area contributed by atoms with Crippen molar-refractivity contribution in [1.29, 1.82) is 0 Å². The van der Waals surface area contributed by atoms with Gasteiger partial charge >= 0.3 is 0 Å². The Labute approximate surface area is 107 Å². The number of halogens is 1. The maximum absolute atomic E-state index is 11.8. The average Bonchev–Trinajstić information content (AvgIpc) is 2.29. The van der Waals surface area contributed by atoms with Gasteiger partial charge in [0.05, 0.1) is 0 Å². The highest BCUT2D eigenvalue weighted by Gasteiger charge is 2.23. The van der Waals surface area contributed by atoms with Crippen LogP contribution in [0.5, 0.6) is 0 Å². The van der Waals surface area contributed by atoms with Gasteiger partial charge in [0.25, 0.3) is 0 Å². The molecule has 0 aromatic rings. The number of hydrogen-bond acceptors (Lipinski definition) is 2. The highest BCUT2D eigenvalue weighted by Crippen LogP contribution is 2.20. The van der Waals surface area contributed by atoms with Crippen LogP contribution in [0.2, 0.25) is 0 Å². The van der Waals surface area contributed by atoms with Gasteiger partial charge in [-0.2, -0.15) is 0 Å². The number of nitrogens with zero attached hydrogens (tertiary/aromatic N) is 1. The number of primary amides is 1. The van der Waals surface area contributed by atoms with E-state index < -0.39 is 0 Å². The summed E-state index contributed by atoms with van der Waals surface area (Å²) < 4.78 is 0. The molecule has 17 heavy (non-hydrogen) atoms. The Bertz CT molecular complexity index is 263. The van der Waals surface area contributed by atoms with E-state index in [1.54, 1.807) is 0 Å². The van der Waals surface area contributed by atoms with Gasteiger partial charge in [-0.25, -0.2) is 0 Å². The molecular formula is C12H21ClN2O2. The second-order valence-corrected chi connectivity index (χ2v) is 5.02. The Morgan fingerprint density at radius 2 is 1.88 bits per heavy atom. The second-order valence-electron chi connectivity index (χ2n) is 4.64. The van der Waals surface area contributed by atoms with E-state index in [0.717, 1.165) is 38.8 Å². The van der Waals surface area contributed by atoms with Gasteiger partial charge in [-0.1, -0.05) is 0 Å². The van der Waals surface area contributed by atoms with Crippen LogP contribution in [0.4, 0.5) is 0 Å². The van der Waals surface area contributed by atoms with Crippen molar-refractivity contribution in [2.75, 3.05) is 19.0 Å². The molecule has 1 rings (SSSR count). The SMILES string of the molecule is NC(=O)CC1CCN(C(=O)CCCCCl)CC1. The summed E-state index contributed by atoms with van der Waals surface area (Å²) >= 11 is 5.57. The molecule has 1 aliphatic heterocycles. The fourth-order valence-electron chi connectivity index (χ4n) is 2.20. The van der Waals surface area contributed by atoms with Crippen molar-refractivity contribution < 1.29 is 9.59 Å². The summed E-state index contributed by atoms with van der Waals surface area (Å²) in [4.78, 5) is 24.5. The predicted molar refractivity (Wildman–Crippen MR) is 67.7 cm³/mol. The first-order chi connectivity index (χ1) is 8.13. The summed E-state index contributed by atoms with van der Waals surface area (Å²) in [5.74, 6) is 0.956. The first-order valence-electron chi connectivity index (χ1n) is 6.25. The Hall–Kier alpha value is -0.770. The van der Waals surface area contributed by atoms with Crippen molar-refractivity contribution in [3.05, 3.63) is 0 Å². The van der Waals surface area contributed by atoms with E-state index in [0.29, 0.717) is 24.6 Å². The molecule has 4 nitrogen and oxygen atoms in total. The van der Waals surface area contributed by atoms with Crippen LogP contribution in [0.15, 0.2) is 0 Å². The van der Waals surface area contributed by atoms with Crippen molar-refractivity contribution in [3.8, 4) is 0 Å². The molecule has 1 heterocycles. The van der Waals surface area contributed by atoms with Crippen LogP contribution in [0.3, 0.4) is 0 Å². The zero-order valence-electron chi connectivity index (χ0n) is 10.2. The normalized spacial score (nSPS) is 17.1. The summed E-state index contributed by atoms with van der Waals surface area (Å²) in [5.41, 5.74) is 5.17. The van der Waals surface area contributed by atoms with Gasteiger partial charge < -0.3 is 10.6 Å². The minimum atomic E-state index is -0.239. The van der Waals surface area contributed by atoms with Gasteiger partial charge in [-0.15, -0.1) is 11.6 Å². The van der Waals surface area contributed by atoms with E-state index in [1.165, 1.54) is 0 Å². The number of alkyl halides is 1. The van der Waals surface area contributed by atoms with Gasteiger partial charge in [0, 0.05) is 31.8 Å². The first kappa shape index (κ1) is 14.3. The smallest absolute Gasteiger partial charge is 0.222 e. The van der Waals surface area contributed by atoms with Crippen LogP contribution < -0.4 is 5.73 Å². The van der Waals surface area contributed by atoms with Crippen molar-refractivity contribution in [2.24, 2.45) is 11.7 Å². The lowest BCUT2D eigenvalue weighted by molar-refractivity contribution is -0.132. The molecule has 0 aliphatic carbocycles. The molecule has 0 radical (unpaired) electrons. The van der Waals surface area contributed by atoms with E-state index >= 15 is 0 Å². The largest absolute Gasteiger partial charge is 0.370 e. The molecule has 0 aromatic carbocycles. The summed E-state index contributed by atoms with van der Waals surface area (Å²) in [6.07, 6.45) is 4.59. The van der Waals surface area contributed by atoms with Crippen LogP contribution in [0, 0.1) is 5.92 Å². The molecule has 1 fully saturated rings. The zero-order valence-corrected chi connectivity index (χ0v) is 10.9. The number of amides is 2. The zero-order chi connectivity index (χ0) is 12.7. The summed E-state index contributed by atoms with van der Waals surface area (Å²) in [5, 5.41) is 0. The third kappa shape index (κ3) is 5.39. The third-order valence-corrected chi connectivity index (χ3v) is 3.50. The van der Waals surface area contributed by atoms with Gasteiger partial charge in [0.2, 0.25) is 11.8 Å². The van der Waals surface area contributed by atoms with Gasteiger partial charge in [-0.3, -0.25) is 9.59 Å². The van der Waals surface area contributed by atoms with E-state index in [4.69, 9.17) is 17.3 Å². The van der Waals surface area contributed by atoms with Crippen molar-refractivity contribution in [3.63, 3.8) is 0 Å². The molecule has 5 heteroatoms. The highest BCUT2D eigenvalue weighted by atomic mass is 35.5. The van der Waals surface area contributed by atoms with E-state index in [2.05, 4.69) is 0 Å². The van der Waals surface area contributed by atoms with E-state index in [-0.39, 0.29) is 11.8 Å². The molecule has 0 unspecified atom stereocenters. The number of nitrogens with two attached hydrogens (primary N) is 1. The van der Waals surface area contributed by atoms with Crippen molar-refractivity contribution in [2.45, 2.75) is 38.5 Å². The predicted octanol–water partition coefficient (Wildman–Crippen LogP) is 1.51. The fraction of sp³-hybridized carbons (Fsp3) is 0.833. The summed E-state index contributed by atoms with van der Waals surface area (Å²) in [6.45, 7) is 1.52. The van der Waals surface area contributed by atoms with Crippen LogP contribution in [-0.2, 0) is 9.59 Å². The molecule has 2 N–H and O–H groups in total. The number of likely N-dealkylation sites (tertiary alicyclic amines) is 1. The van der Waals surface area contributed by atoms with E-state index in [9.17, 15) is 9.59 Å². The molecule has 1 aliphatic rings. The van der Waals surface area contributed by atoms with Crippen LogP contribution >= 0.6 is 11.6 Å². The highest BCUT2D eigenvalue weighted by molar-refractivity contribution is 6.17. The lowest BCUT2D eigenvalue weighted by Gasteiger charge is -2.31. The summed E-state index contributed by atoms with van der Waals surface area (Å²) in [6, 6.07) is 0. The Morgan fingerprint density at radius 1 is 1.24 bits per heavy atom. The maximum Gasteiger partial charge on any atom is 0.222 e. The Kier molecular flexibility index (Phi) is 6.34. The van der Waals surface area contributed by atoms with Crippen molar-refractivity contribution >= 4 is 23.4 Å². The van der Waals surface area contributed by atoms with Crippen molar-refractivity contribution in [1.82, 2.24) is 4.90 Å². The Morgan fingerprint density at radius 3 is 2.41 bits per heavy atom. The molecular weight excluding hydrogens is 240 g/mol. The standard InChI is InChI=1S/C12H21ClN2O2/c13-6-2-1-3-12(17)15-7-4-10(5-8-15)9-11(14)16/h10H,1-9H2,(H2,14,16). The minimum absolute atomic E-state index is 0.215. The van der Waals surface area contributed by atoms with Gasteiger partial charge in [-0.05, 0) is 31.6 Å². The monoisotopic (exact) mass is 260 g/mol. The number of carbonyl (C=O) groups excluding carboxylic acids is 2. The average molecular weight is 261 g/mol. The van der Waals surface area contributed by atoms with Gasteiger partial charge in [0.15, 0.2) is 0 Å². The van der Waals surface area contributed by atoms with Gasteiger partial charge in [0.1, 0.15) is 0 Å². The lowest BCUT2D eigenvalue weighted by atomic mass is 9.93. The molecule has 0 spiro atoms. The third-order valence-electron chi connectivity index (χ3n) is 3.23. The molecule has 0 aromatic heterocycles. The first-order valence-corrected chi connectivity index (χ1v) is 6.79. The lowest BCUT2D eigenvalue weighted by Crippen LogP contribution is -2.39. The summed E-state index contributed by atoms with van der Waals surface area (Å²) in [7, 11) is 0. The minimum Gasteiger partial charge on any atom is -0.370 e. The number of hydrogen-bond donors (Lipinski definition) is 1. The molecule has 0 saturated carbocycles. The Balaban J connectivity index is 2.21. The number of rotatable bonds is 6. The topological polar surface area (TPSA) is 63.4 Å². The second kappa shape index (κ2) is 7.54. The quantitative estimate of drug-likeness (QED) is 0.581. The molecule has 98 valence electrons. The molecule has 2 amide bonds. The fourth-order valence-corrected chi connectivity index (χ4v) is 2.39. The number of piperidine rings is 1.